The molecular weight excluding hydrogens is 446 g/mol. The Balaban J connectivity index is 1.21. The molecule has 0 spiro atoms. The van der Waals surface area contributed by atoms with E-state index >= 15 is 0 Å². The second-order valence-electron chi connectivity index (χ2n) is 8.90. The molecule has 1 saturated heterocycles. The first-order chi connectivity index (χ1) is 15.9. The Bertz CT molecular complexity index is 953. The van der Waals surface area contributed by atoms with E-state index in [1.54, 1.807) is 6.07 Å². The van der Waals surface area contributed by atoms with E-state index in [1.165, 1.54) is 22.9 Å². The number of sulfonamides is 1. The van der Waals surface area contributed by atoms with Crippen LogP contribution in [0.4, 0.5) is 0 Å². The summed E-state index contributed by atoms with van der Waals surface area (Å²) >= 11 is 0. The number of hydrogen-bond acceptors (Lipinski definition) is 6. The van der Waals surface area contributed by atoms with Crippen LogP contribution in [0.3, 0.4) is 0 Å². The maximum Gasteiger partial charge on any atom is 0.243 e. The number of fused-ring (bicyclic) bond motifs is 1. The van der Waals surface area contributed by atoms with Crippen LogP contribution >= 0.6 is 0 Å². The third kappa shape index (κ3) is 5.78. The molecule has 0 unspecified atom stereocenters. The number of nitrogens with zero attached hydrogens (tertiary/aromatic N) is 1. The molecule has 1 aliphatic carbocycles. The van der Waals surface area contributed by atoms with E-state index in [0.29, 0.717) is 50.6 Å². The number of nitrogens with one attached hydrogen (secondary N) is 2. The standard InChI is InChI=1S/C23H33N3O6S/c27-22(17-4-2-1-3-5-17)24-10-11-25-23(28)18-8-12-26(13-9-18)33(29,30)19-6-7-20-21(16-19)32-15-14-31-20/h6-7,16-18H,1-5,8-15H2,(H,24,27)(H,25,28). The van der Waals surface area contributed by atoms with Crippen LogP contribution < -0.4 is 20.1 Å². The molecule has 0 bridgehead atoms. The van der Waals surface area contributed by atoms with Crippen LogP contribution in [-0.4, -0.2) is 63.9 Å². The van der Waals surface area contributed by atoms with Gasteiger partial charge in [-0.05, 0) is 37.8 Å². The van der Waals surface area contributed by atoms with Crippen LogP contribution in [-0.2, 0) is 19.6 Å². The summed E-state index contributed by atoms with van der Waals surface area (Å²) in [5.41, 5.74) is 0. The van der Waals surface area contributed by atoms with E-state index < -0.39 is 10.0 Å². The number of rotatable bonds is 7. The van der Waals surface area contributed by atoms with Crippen molar-refractivity contribution in [1.82, 2.24) is 14.9 Å². The highest BCUT2D eigenvalue weighted by atomic mass is 32.2. The average molecular weight is 480 g/mol. The Labute approximate surface area is 195 Å². The fourth-order valence-corrected chi connectivity index (χ4v) is 6.20. The quantitative estimate of drug-likeness (QED) is 0.575. The summed E-state index contributed by atoms with van der Waals surface area (Å²) in [5, 5.41) is 5.80. The van der Waals surface area contributed by atoms with Gasteiger partial charge in [0.2, 0.25) is 21.8 Å². The van der Waals surface area contributed by atoms with Crippen molar-refractivity contribution in [2.75, 3.05) is 39.4 Å². The first-order valence-corrected chi connectivity index (χ1v) is 13.3. The largest absolute Gasteiger partial charge is 0.486 e. The highest BCUT2D eigenvalue weighted by Gasteiger charge is 2.33. The van der Waals surface area contributed by atoms with Crippen molar-refractivity contribution < 1.29 is 27.5 Å². The van der Waals surface area contributed by atoms with Crippen molar-refractivity contribution in [1.29, 1.82) is 0 Å². The van der Waals surface area contributed by atoms with Crippen molar-refractivity contribution in [2.45, 2.75) is 49.8 Å². The fourth-order valence-electron chi connectivity index (χ4n) is 4.72. The molecular formula is C23H33N3O6S. The van der Waals surface area contributed by atoms with Crippen LogP contribution in [0.15, 0.2) is 23.1 Å². The Hall–Kier alpha value is -2.33. The van der Waals surface area contributed by atoms with E-state index in [1.807, 2.05) is 0 Å². The summed E-state index contributed by atoms with van der Waals surface area (Å²) in [5.74, 6) is 0.860. The number of piperidine rings is 1. The molecule has 3 aliphatic rings. The SMILES string of the molecule is O=C(NCCNC(=O)C1CCN(S(=O)(=O)c2ccc3c(c2)OCCO3)CC1)C1CCCCC1. The highest BCUT2D eigenvalue weighted by Crippen LogP contribution is 2.34. The van der Waals surface area contributed by atoms with Crippen LogP contribution in [0, 0.1) is 11.8 Å². The lowest BCUT2D eigenvalue weighted by atomic mass is 9.89. The molecule has 2 aliphatic heterocycles. The van der Waals surface area contributed by atoms with E-state index in [4.69, 9.17) is 9.47 Å². The minimum Gasteiger partial charge on any atom is -0.486 e. The predicted molar refractivity (Wildman–Crippen MR) is 122 cm³/mol. The van der Waals surface area contributed by atoms with Gasteiger partial charge in [-0.1, -0.05) is 19.3 Å². The van der Waals surface area contributed by atoms with Crippen LogP contribution in [0.2, 0.25) is 0 Å². The first kappa shape index (κ1) is 23.8. The van der Waals surface area contributed by atoms with E-state index in [0.717, 1.165) is 25.7 Å². The molecule has 2 fully saturated rings. The van der Waals surface area contributed by atoms with E-state index in [2.05, 4.69) is 10.6 Å². The van der Waals surface area contributed by atoms with E-state index in [9.17, 15) is 18.0 Å². The highest BCUT2D eigenvalue weighted by molar-refractivity contribution is 7.89. The van der Waals surface area contributed by atoms with Gasteiger partial charge in [0.25, 0.3) is 0 Å². The molecule has 4 rings (SSSR count). The maximum atomic E-state index is 13.0. The zero-order chi connectivity index (χ0) is 23.3. The van der Waals surface area contributed by atoms with Gasteiger partial charge in [-0.2, -0.15) is 4.31 Å². The fraction of sp³-hybridized carbons (Fsp3) is 0.652. The normalized spacial score (nSPS) is 20.2. The van der Waals surface area contributed by atoms with Crippen molar-refractivity contribution in [3.8, 4) is 11.5 Å². The monoisotopic (exact) mass is 479 g/mol. The number of hydrogen-bond donors (Lipinski definition) is 2. The molecule has 0 aromatic heterocycles. The maximum absolute atomic E-state index is 13.0. The molecule has 2 N–H and O–H groups in total. The second kappa shape index (κ2) is 10.7. The van der Waals surface area contributed by atoms with Crippen LogP contribution in [0.5, 0.6) is 11.5 Å². The topological polar surface area (TPSA) is 114 Å². The lowest BCUT2D eigenvalue weighted by Crippen LogP contribution is -2.44. The third-order valence-corrected chi connectivity index (χ3v) is 8.57. The Kier molecular flexibility index (Phi) is 7.75. The van der Waals surface area contributed by atoms with Crippen molar-refractivity contribution in [3.63, 3.8) is 0 Å². The molecule has 1 saturated carbocycles. The van der Waals surface area contributed by atoms with Gasteiger partial charge in [-0.3, -0.25) is 9.59 Å². The molecule has 0 atom stereocenters. The smallest absolute Gasteiger partial charge is 0.243 e. The molecule has 2 heterocycles. The van der Waals surface area contributed by atoms with Gasteiger partial charge in [0, 0.05) is 44.1 Å². The van der Waals surface area contributed by atoms with Gasteiger partial charge in [-0.25, -0.2) is 8.42 Å². The minimum atomic E-state index is -3.67. The van der Waals surface area contributed by atoms with E-state index in [-0.39, 0.29) is 41.6 Å². The number of benzene rings is 1. The molecule has 1 aromatic rings. The lowest BCUT2D eigenvalue weighted by molar-refractivity contribution is -0.127. The zero-order valence-electron chi connectivity index (χ0n) is 18.9. The number of carbonyl (C=O) groups excluding carboxylic acids is 2. The van der Waals surface area contributed by atoms with Gasteiger partial charge in [-0.15, -0.1) is 0 Å². The third-order valence-electron chi connectivity index (χ3n) is 6.68. The molecule has 10 heteroatoms. The summed E-state index contributed by atoms with van der Waals surface area (Å²) in [7, 11) is -3.67. The van der Waals surface area contributed by atoms with Crippen molar-refractivity contribution >= 4 is 21.8 Å². The number of ether oxygens (including phenoxy) is 2. The van der Waals surface area contributed by atoms with Crippen molar-refractivity contribution in [3.05, 3.63) is 18.2 Å². The van der Waals surface area contributed by atoms with Gasteiger partial charge in [0.05, 0.1) is 4.90 Å². The molecule has 0 radical (unpaired) electrons. The predicted octanol–water partition coefficient (Wildman–Crippen LogP) is 1.67. The number of carbonyl (C=O) groups is 2. The molecule has 9 nitrogen and oxygen atoms in total. The van der Waals surface area contributed by atoms with Crippen LogP contribution in [0.25, 0.3) is 0 Å². The Morgan fingerprint density at radius 1 is 0.848 bits per heavy atom. The molecule has 33 heavy (non-hydrogen) atoms. The van der Waals surface area contributed by atoms with Crippen LogP contribution in [0.1, 0.15) is 44.9 Å². The number of amides is 2. The first-order valence-electron chi connectivity index (χ1n) is 11.9. The lowest BCUT2D eigenvalue weighted by Gasteiger charge is -2.31. The average Bonchev–Trinajstić information content (AvgIpc) is 2.86. The van der Waals surface area contributed by atoms with Gasteiger partial charge >= 0.3 is 0 Å². The minimum absolute atomic E-state index is 0.0848. The summed E-state index contributed by atoms with van der Waals surface area (Å²) < 4.78 is 38.5. The zero-order valence-corrected chi connectivity index (χ0v) is 19.7. The summed E-state index contributed by atoms with van der Waals surface area (Å²) in [6, 6.07) is 4.65. The molecule has 182 valence electrons. The molecule has 2 amide bonds. The second-order valence-corrected chi connectivity index (χ2v) is 10.8. The van der Waals surface area contributed by atoms with Gasteiger partial charge < -0.3 is 20.1 Å². The van der Waals surface area contributed by atoms with Gasteiger partial charge in [0.1, 0.15) is 13.2 Å². The summed E-state index contributed by atoms with van der Waals surface area (Å²) in [6.45, 7) is 2.20. The Morgan fingerprint density at radius 3 is 2.06 bits per heavy atom. The molecule has 1 aromatic carbocycles. The Morgan fingerprint density at radius 2 is 1.42 bits per heavy atom. The van der Waals surface area contributed by atoms with Gasteiger partial charge in [0.15, 0.2) is 11.5 Å². The summed E-state index contributed by atoms with van der Waals surface area (Å²) in [6.07, 6.45) is 6.25. The van der Waals surface area contributed by atoms with Crippen molar-refractivity contribution in [2.24, 2.45) is 11.8 Å². The summed E-state index contributed by atoms with van der Waals surface area (Å²) in [4.78, 5) is 24.8.